The van der Waals surface area contributed by atoms with Crippen LogP contribution in [0.25, 0.3) is 0 Å². The highest BCUT2D eigenvalue weighted by Crippen LogP contribution is 2.18. The van der Waals surface area contributed by atoms with Gasteiger partial charge in [-0.2, -0.15) is 5.10 Å². The number of anilines is 1. The van der Waals surface area contributed by atoms with Crippen LogP contribution in [-0.2, 0) is 10.0 Å². The molecule has 0 unspecified atom stereocenters. The number of aliphatic hydroxyl groups excluding tert-OH is 1. The summed E-state index contributed by atoms with van der Waals surface area (Å²) in [6.45, 7) is 0.526. The summed E-state index contributed by atoms with van der Waals surface area (Å²) in [5.41, 5.74) is 5.48. The van der Waals surface area contributed by atoms with Crippen molar-refractivity contribution < 1.29 is 13.5 Å². The van der Waals surface area contributed by atoms with Gasteiger partial charge >= 0.3 is 0 Å². The maximum atomic E-state index is 12.0. The zero-order valence-electron chi connectivity index (χ0n) is 9.76. The molecule has 0 aliphatic heterocycles. The minimum atomic E-state index is -3.56. The largest absolute Gasteiger partial charge is 0.396 e. The van der Waals surface area contributed by atoms with Crippen LogP contribution in [0.3, 0.4) is 0 Å². The van der Waals surface area contributed by atoms with E-state index in [2.05, 4.69) is 10.2 Å². The molecule has 0 amide bonds. The van der Waals surface area contributed by atoms with Crippen molar-refractivity contribution in [2.45, 2.75) is 24.2 Å². The van der Waals surface area contributed by atoms with Crippen LogP contribution in [0, 0.1) is 0 Å². The van der Waals surface area contributed by atoms with Crippen LogP contribution in [0.5, 0.6) is 0 Å². The van der Waals surface area contributed by atoms with Gasteiger partial charge in [0.05, 0.1) is 6.20 Å². The van der Waals surface area contributed by atoms with E-state index < -0.39 is 10.0 Å². The van der Waals surface area contributed by atoms with Crippen molar-refractivity contribution in [2.24, 2.45) is 0 Å². The number of unbranched alkanes of at least 4 members (excludes halogenated alkanes) is 2. The normalized spacial score (nSPS) is 12.2. The molecule has 98 valence electrons. The van der Waals surface area contributed by atoms with Gasteiger partial charge in [0.25, 0.3) is 0 Å². The van der Waals surface area contributed by atoms with Gasteiger partial charge in [0.2, 0.25) is 10.0 Å². The standard InChI is InChI=1S/C9H18N4O3S/c1-13(5-3-2-4-6-14)17(15,16)8-7-11-12-9(8)10/h7,14H,2-6H2,1H3,(H3,10,11,12). The molecule has 1 aromatic heterocycles. The van der Waals surface area contributed by atoms with Crippen molar-refractivity contribution in [1.82, 2.24) is 14.5 Å². The molecular formula is C9H18N4O3S. The Balaban J connectivity index is 2.62. The van der Waals surface area contributed by atoms with E-state index in [1.54, 1.807) is 0 Å². The molecular weight excluding hydrogens is 244 g/mol. The third-order valence-electron chi connectivity index (χ3n) is 2.45. The van der Waals surface area contributed by atoms with E-state index >= 15 is 0 Å². The van der Waals surface area contributed by atoms with Gasteiger partial charge in [-0.1, -0.05) is 0 Å². The molecule has 4 N–H and O–H groups in total. The second kappa shape index (κ2) is 5.99. The van der Waals surface area contributed by atoms with E-state index in [-0.39, 0.29) is 17.3 Å². The number of sulfonamides is 1. The summed E-state index contributed by atoms with van der Waals surface area (Å²) in [6, 6.07) is 0. The van der Waals surface area contributed by atoms with Crippen LogP contribution in [-0.4, -0.2) is 48.2 Å². The molecule has 0 atom stereocenters. The number of nitrogens with zero attached hydrogens (tertiary/aromatic N) is 2. The number of aromatic nitrogens is 2. The molecule has 1 rings (SSSR count). The average Bonchev–Trinajstić information content (AvgIpc) is 2.71. The minimum absolute atomic E-state index is 0.00200. The van der Waals surface area contributed by atoms with Gasteiger partial charge in [0.15, 0.2) is 0 Å². The van der Waals surface area contributed by atoms with Gasteiger partial charge in [-0.3, -0.25) is 5.10 Å². The monoisotopic (exact) mass is 262 g/mol. The Labute approximate surface area is 101 Å². The number of H-pyrrole nitrogens is 1. The van der Waals surface area contributed by atoms with E-state index in [9.17, 15) is 8.42 Å². The Hall–Kier alpha value is -1.12. The Bertz CT molecular complexity index is 443. The molecule has 0 aliphatic carbocycles. The zero-order chi connectivity index (χ0) is 12.9. The maximum absolute atomic E-state index is 12.0. The average molecular weight is 262 g/mol. The Morgan fingerprint density at radius 3 is 2.71 bits per heavy atom. The van der Waals surface area contributed by atoms with Gasteiger partial charge < -0.3 is 10.8 Å². The summed E-state index contributed by atoms with van der Waals surface area (Å²) >= 11 is 0. The van der Waals surface area contributed by atoms with Gasteiger partial charge in [-0.15, -0.1) is 0 Å². The van der Waals surface area contributed by atoms with Crippen LogP contribution in [0.4, 0.5) is 5.82 Å². The molecule has 8 heteroatoms. The lowest BCUT2D eigenvalue weighted by atomic mass is 10.2. The van der Waals surface area contributed by atoms with Gasteiger partial charge in [-0.25, -0.2) is 12.7 Å². The highest BCUT2D eigenvalue weighted by molar-refractivity contribution is 7.89. The molecule has 0 spiro atoms. The van der Waals surface area contributed by atoms with Crippen LogP contribution >= 0.6 is 0 Å². The second-order valence-corrected chi connectivity index (χ2v) is 5.77. The molecule has 0 radical (unpaired) electrons. The third kappa shape index (κ3) is 3.42. The third-order valence-corrected chi connectivity index (χ3v) is 4.34. The summed E-state index contributed by atoms with van der Waals surface area (Å²) in [5.74, 6) is 0.0483. The number of hydrogen-bond acceptors (Lipinski definition) is 5. The fourth-order valence-corrected chi connectivity index (χ4v) is 2.62. The zero-order valence-corrected chi connectivity index (χ0v) is 10.6. The van der Waals surface area contributed by atoms with E-state index in [1.165, 1.54) is 17.5 Å². The van der Waals surface area contributed by atoms with Crippen molar-refractivity contribution in [3.8, 4) is 0 Å². The van der Waals surface area contributed by atoms with E-state index in [4.69, 9.17) is 10.8 Å². The number of aliphatic hydroxyl groups is 1. The minimum Gasteiger partial charge on any atom is -0.396 e. The predicted molar refractivity (Wildman–Crippen MR) is 63.8 cm³/mol. The quantitative estimate of drug-likeness (QED) is 0.588. The van der Waals surface area contributed by atoms with Crippen molar-refractivity contribution in [1.29, 1.82) is 0 Å². The van der Waals surface area contributed by atoms with Gasteiger partial charge in [-0.05, 0) is 19.3 Å². The Morgan fingerprint density at radius 1 is 1.47 bits per heavy atom. The summed E-state index contributed by atoms with van der Waals surface area (Å²) in [7, 11) is -2.06. The predicted octanol–water partition coefficient (Wildman–Crippen LogP) is -0.225. The van der Waals surface area contributed by atoms with Crippen LogP contribution in [0.15, 0.2) is 11.1 Å². The summed E-state index contributed by atoms with van der Waals surface area (Å²) in [6.07, 6.45) is 3.38. The molecule has 0 saturated heterocycles. The van der Waals surface area contributed by atoms with Gasteiger partial charge in [0, 0.05) is 20.2 Å². The van der Waals surface area contributed by atoms with Crippen molar-refractivity contribution >= 4 is 15.8 Å². The topological polar surface area (TPSA) is 112 Å². The van der Waals surface area contributed by atoms with E-state index in [0.717, 1.165) is 6.42 Å². The Kier molecular flexibility index (Phi) is 4.91. The fourth-order valence-electron chi connectivity index (χ4n) is 1.40. The molecule has 0 aromatic carbocycles. The first-order valence-electron chi connectivity index (χ1n) is 5.36. The fraction of sp³-hybridized carbons (Fsp3) is 0.667. The molecule has 1 heterocycles. The lowest BCUT2D eigenvalue weighted by Gasteiger charge is -2.16. The first kappa shape index (κ1) is 13.9. The van der Waals surface area contributed by atoms with E-state index in [1.807, 2.05) is 0 Å². The number of hydrogen-bond donors (Lipinski definition) is 3. The number of aromatic amines is 1. The second-order valence-electron chi connectivity index (χ2n) is 3.76. The van der Waals surface area contributed by atoms with Crippen LogP contribution in [0.1, 0.15) is 19.3 Å². The molecule has 17 heavy (non-hydrogen) atoms. The highest BCUT2D eigenvalue weighted by Gasteiger charge is 2.24. The van der Waals surface area contributed by atoms with Crippen molar-refractivity contribution in [3.63, 3.8) is 0 Å². The molecule has 1 aromatic rings. The number of nitrogens with one attached hydrogen (secondary N) is 1. The first-order chi connectivity index (χ1) is 8.00. The number of nitrogen functional groups attached to an aromatic ring is 1. The molecule has 0 aliphatic rings. The molecule has 0 bridgehead atoms. The lowest BCUT2D eigenvalue weighted by Crippen LogP contribution is -2.28. The van der Waals surface area contributed by atoms with Crippen molar-refractivity contribution in [2.75, 3.05) is 25.9 Å². The summed E-state index contributed by atoms with van der Waals surface area (Å²) in [5, 5.41) is 14.6. The van der Waals surface area contributed by atoms with E-state index in [0.29, 0.717) is 19.4 Å². The Morgan fingerprint density at radius 2 is 2.18 bits per heavy atom. The van der Waals surface area contributed by atoms with Crippen molar-refractivity contribution in [3.05, 3.63) is 6.20 Å². The number of rotatable bonds is 7. The van der Waals surface area contributed by atoms with Crippen LogP contribution < -0.4 is 5.73 Å². The smallest absolute Gasteiger partial charge is 0.248 e. The number of nitrogens with two attached hydrogens (primary N) is 1. The lowest BCUT2D eigenvalue weighted by molar-refractivity contribution is 0.281. The summed E-state index contributed by atoms with van der Waals surface area (Å²) < 4.78 is 25.3. The molecule has 0 fully saturated rings. The molecule has 7 nitrogen and oxygen atoms in total. The maximum Gasteiger partial charge on any atom is 0.248 e. The first-order valence-corrected chi connectivity index (χ1v) is 6.80. The highest BCUT2D eigenvalue weighted by atomic mass is 32.2. The summed E-state index contributed by atoms with van der Waals surface area (Å²) in [4.78, 5) is 0.00200. The van der Waals surface area contributed by atoms with Crippen LogP contribution in [0.2, 0.25) is 0 Å². The SMILES string of the molecule is CN(CCCCCO)S(=O)(=O)c1cn[nH]c1N. The van der Waals surface area contributed by atoms with Gasteiger partial charge in [0.1, 0.15) is 10.7 Å². The molecule has 0 saturated carbocycles.